The molecule has 1 nitrogen and oxygen atoms in total. The zero-order chi connectivity index (χ0) is 38.0. The summed E-state index contributed by atoms with van der Waals surface area (Å²) >= 11 is 0. The molecular weight excluding hydrogens is 687 g/mol. The minimum atomic E-state index is 1.10. The fourth-order valence-corrected chi connectivity index (χ4v) is 8.23. The van der Waals surface area contributed by atoms with E-state index in [0.717, 1.165) is 17.1 Å². The molecule has 10 aromatic carbocycles. The van der Waals surface area contributed by atoms with E-state index >= 15 is 0 Å². The first-order chi connectivity index (χ1) is 28.3. The SMILES string of the molecule is c1ccc(-c2cc(-c3ccc(N(c4ccccc4)c4ccc(-c5ccc(-c6cccc7ccccc67)cc5)cc4)cc3)ccc2-c2cccc3ccccc23)cc1. The maximum absolute atomic E-state index is 2.35. The van der Waals surface area contributed by atoms with Crippen LogP contribution >= 0.6 is 0 Å². The predicted octanol–water partition coefficient (Wildman–Crippen LogP) is 15.8. The summed E-state index contributed by atoms with van der Waals surface area (Å²) in [6.07, 6.45) is 0. The van der Waals surface area contributed by atoms with E-state index in [4.69, 9.17) is 0 Å². The summed E-state index contributed by atoms with van der Waals surface area (Å²) in [6, 6.07) is 85.5. The van der Waals surface area contributed by atoms with Gasteiger partial charge in [-0.2, -0.15) is 0 Å². The Kier molecular flexibility index (Phi) is 8.95. The molecule has 0 aromatic heterocycles. The lowest BCUT2D eigenvalue weighted by atomic mass is 9.89. The molecule has 0 atom stereocenters. The smallest absolute Gasteiger partial charge is 0.0462 e. The fraction of sp³-hybridized carbons (Fsp3) is 0. The molecule has 10 aromatic rings. The van der Waals surface area contributed by atoms with Crippen LogP contribution in [0, 0.1) is 0 Å². The van der Waals surface area contributed by atoms with Crippen LogP contribution in [0.25, 0.3) is 77.2 Å². The van der Waals surface area contributed by atoms with Crippen molar-refractivity contribution in [3.05, 3.63) is 237 Å². The maximum Gasteiger partial charge on any atom is 0.0462 e. The van der Waals surface area contributed by atoms with Crippen molar-refractivity contribution in [2.75, 3.05) is 4.90 Å². The van der Waals surface area contributed by atoms with Gasteiger partial charge in [-0.3, -0.25) is 0 Å². The van der Waals surface area contributed by atoms with Crippen molar-refractivity contribution in [1.82, 2.24) is 0 Å². The van der Waals surface area contributed by atoms with E-state index in [2.05, 4.69) is 241 Å². The van der Waals surface area contributed by atoms with Gasteiger partial charge in [0, 0.05) is 17.1 Å². The summed E-state index contributed by atoms with van der Waals surface area (Å²) in [7, 11) is 0. The van der Waals surface area contributed by atoms with Gasteiger partial charge in [0.15, 0.2) is 0 Å². The van der Waals surface area contributed by atoms with Crippen molar-refractivity contribution in [3.63, 3.8) is 0 Å². The fourth-order valence-electron chi connectivity index (χ4n) is 8.23. The molecule has 0 spiro atoms. The molecule has 0 saturated carbocycles. The first kappa shape index (κ1) is 34.0. The first-order valence-electron chi connectivity index (χ1n) is 19.6. The van der Waals surface area contributed by atoms with Crippen LogP contribution in [0.2, 0.25) is 0 Å². The zero-order valence-electron chi connectivity index (χ0n) is 31.5. The second-order valence-corrected chi connectivity index (χ2v) is 14.5. The highest BCUT2D eigenvalue weighted by molar-refractivity contribution is 6.01. The molecule has 0 aliphatic carbocycles. The lowest BCUT2D eigenvalue weighted by Gasteiger charge is -2.26. The van der Waals surface area contributed by atoms with Gasteiger partial charge in [-0.25, -0.2) is 0 Å². The third-order valence-corrected chi connectivity index (χ3v) is 11.1. The second-order valence-electron chi connectivity index (χ2n) is 14.5. The summed E-state index contributed by atoms with van der Waals surface area (Å²) in [5, 5.41) is 5.05. The molecule has 0 aliphatic heterocycles. The molecule has 0 unspecified atom stereocenters. The number of nitrogens with zero attached hydrogens (tertiary/aromatic N) is 1. The Bertz CT molecular complexity index is 2950. The van der Waals surface area contributed by atoms with E-state index in [-0.39, 0.29) is 0 Å². The molecule has 0 radical (unpaired) electrons. The van der Waals surface area contributed by atoms with Crippen LogP contribution in [-0.2, 0) is 0 Å². The Morgan fingerprint density at radius 2 is 0.614 bits per heavy atom. The highest BCUT2D eigenvalue weighted by Crippen LogP contribution is 2.41. The summed E-state index contributed by atoms with van der Waals surface area (Å²) in [5.41, 5.74) is 15.5. The van der Waals surface area contributed by atoms with Crippen molar-refractivity contribution < 1.29 is 0 Å². The summed E-state index contributed by atoms with van der Waals surface area (Å²) in [5.74, 6) is 0. The molecule has 10 rings (SSSR count). The molecule has 0 aliphatic rings. The van der Waals surface area contributed by atoms with Crippen molar-refractivity contribution >= 4 is 38.6 Å². The lowest BCUT2D eigenvalue weighted by molar-refractivity contribution is 1.28. The number of hydrogen-bond donors (Lipinski definition) is 0. The Morgan fingerprint density at radius 3 is 1.23 bits per heavy atom. The zero-order valence-corrected chi connectivity index (χ0v) is 31.5. The van der Waals surface area contributed by atoms with Gasteiger partial charge >= 0.3 is 0 Å². The monoisotopic (exact) mass is 725 g/mol. The molecule has 0 heterocycles. The van der Waals surface area contributed by atoms with Crippen LogP contribution in [0.5, 0.6) is 0 Å². The van der Waals surface area contributed by atoms with Gasteiger partial charge in [-0.15, -0.1) is 0 Å². The van der Waals surface area contributed by atoms with E-state index in [9.17, 15) is 0 Å². The molecule has 0 amide bonds. The summed E-state index contributed by atoms with van der Waals surface area (Å²) in [6.45, 7) is 0. The molecule has 0 saturated heterocycles. The third kappa shape index (κ3) is 6.66. The Labute approximate surface area is 334 Å². The van der Waals surface area contributed by atoms with Crippen LogP contribution in [-0.4, -0.2) is 0 Å². The number of anilines is 3. The van der Waals surface area contributed by atoms with E-state index < -0.39 is 0 Å². The Balaban J connectivity index is 0.969. The Morgan fingerprint density at radius 1 is 0.211 bits per heavy atom. The van der Waals surface area contributed by atoms with Crippen molar-refractivity contribution in [2.24, 2.45) is 0 Å². The van der Waals surface area contributed by atoms with E-state index in [1.54, 1.807) is 0 Å². The lowest BCUT2D eigenvalue weighted by Crippen LogP contribution is -2.09. The second kappa shape index (κ2) is 15.0. The highest BCUT2D eigenvalue weighted by atomic mass is 15.1. The van der Waals surface area contributed by atoms with Gasteiger partial charge in [0.05, 0.1) is 0 Å². The Hall–Kier alpha value is -7.48. The third-order valence-electron chi connectivity index (χ3n) is 11.1. The quantitative estimate of drug-likeness (QED) is 0.151. The van der Waals surface area contributed by atoms with Crippen molar-refractivity contribution in [3.8, 4) is 55.6 Å². The van der Waals surface area contributed by atoms with Gasteiger partial charge in [-0.1, -0.05) is 194 Å². The normalized spacial score (nSPS) is 11.2. The molecule has 0 N–H and O–H groups in total. The molecule has 0 fully saturated rings. The van der Waals surface area contributed by atoms with Gasteiger partial charge < -0.3 is 4.90 Å². The van der Waals surface area contributed by atoms with Crippen LogP contribution < -0.4 is 4.90 Å². The van der Waals surface area contributed by atoms with Crippen LogP contribution in [0.1, 0.15) is 0 Å². The van der Waals surface area contributed by atoms with Crippen LogP contribution in [0.4, 0.5) is 17.1 Å². The molecule has 0 bridgehead atoms. The van der Waals surface area contributed by atoms with Crippen LogP contribution in [0.15, 0.2) is 237 Å². The summed E-state index contributed by atoms with van der Waals surface area (Å²) in [4.78, 5) is 2.33. The van der Waals surface area contributed by atoms with Crippen molar-refractivity contribution in [2.45, 2.75) is 0 Å². The van der Waals surface area contributed by atoms with Gasteiger partial charge in [0.25, 0.3) is 0 Å². The number of benzene rings is 10. The highest BCUT2D eigenvalue weighted by Gasteiger charge is 2.15. The van der Waals surface area contributed by atoms with E-state index in [1.807, 2.05) is 0 Å². The van der Waals surface area contributed by atoms with E-state index in [0.29, 0.717) is 0 Å². The largest absolute Gasteiger partial charge is 0.311 e. The van der Waals surface area contributed by atoms with Gasteiger partial charge in [-0.05, 0) is 120 Å². The maximum atomic E-state index is 2.35. The minimum absolute atomic E-state index is 1.10. The summed E-state index contributed by atoms with van der Waals surface area (Å²) < 4.78 is 0. The molecular formula is C56H39N. The van der Waals surface area contributed by atoms with Crippen molar-refractivity contribution in [1.29, 1.82) is 0 Å². The number of hydrogen-bond acceptors (Lipinski definition) is 1. The number of fused-ring (bicyclic) bond motifs is 2. The van der Waals surface area contributed by atoms with Gasteiger partial charge in [0.2, 0.25) is 0 Å². The number of rotatable bonds is 8. The number of para-hydroxylation sites is 1. The molecule has 57 heavy (non-hydrogen) atoms. The van der Waals surface area contributed by atoms with Gasteiger partial charge in [0.1, 0.15) is 0 Å². The average molecular weight is 726 g/mol. The standard InChI is InChI=1S/C56H39N/c1-3-13-45(14-4-1)56-39-47(33-38-55(56)54-24-12-18-44-16-8-10-22-53(44)54)42-31-36-50(37-32-42)57(48-19-5-2-6-20-48)49-34-29-41(30-35-49)40-25-27-46(28-26-40)52-23-11-17-43-15-7-9-21-51(43)52/h1-39H. The van der Waals surface area contributed by atoms with E-state index in [1.165, 1.54) is 77.2 Å². The minimum Gasteiger partial charge on any atom is -0.311 e. The first-order valence-corrected chi connectivity index (χ1v) is 19.6. The van der Waals surface area contributed by atoms with Crippen LogP contribution in [0.3, 0.4) is 0 Å². The molecule has 1 heteroatoms. The molecule has 268 valence electrons. The predicted molar refractivity (Wildman–Crippen MR) is 243 cm³/mol. The topological polar surface area (TPSA) is 3.24 Å². The average Bonchev–Trinajstić information content (AvgIpc) is 3.30.